The van der Waals surface area contributed by atoms with E-state index in [-0.39, 0.29) is 0 Å². The maximum Gasteiger partial charge on any atom is 0.123 e. The predicted octanol–water partition coefficient (Wildman–Crippen LogP) is 5.32. The van der Waals surface area contributed by atoms with E-state index < -0.39 is 0 Å². The Bertz CT molecular complexity index is 866. The van der Waals surface area contributed by atoms with Gasteiger partial charge in [0.15, 0.2) is 0 Å². The highest BCUT2D eigenvalue weighted by molar-refractivity contribution is 5.33. The lowest BCUT2D eigenvalue weighted by Crippen LogP contribution is -2.45. The molecule has 2 atom stereocenters. The molecule has 3 heteroatoms. The summed E-state index contributed by atoms with van der Waals surface area (Å²) in [6.45, 7) is 1.79. The summed E-state index contributed by atoms with van der Waals surface area (Å²) in [4.78, 5) is 0. The minimum absolute atomic E-state index is 0.356. The van der Waals surface area contributed by atoms with Crippen LogP contribution in [0.2, 0.25) is 0 Å². The summed E-state index contributed by atoms with van der Waals surface area (Å²) >= 11 is 0. The average Bonchev–Trinajstić information content (AvgIpc) is 2.79. The zero-order chi connectivity index (χ0) is 19.2. The Hall–Kier alpha value is -2.62. The highest BCUT2D eigenvalue weighted by atomic mass is 16.5. The van der Waals surface area contributed by atoms with Gasteiger partial charge in [0.1, 0.15) is 5.75 Å². The molecule has 144 valence electrons. The Morgan fingerprint density at radius 3 is 2.21 bits per heavy atom. The lowest BCUT2D eigenvalue weighted by atomic mass is 9.83. The fraction of sp³-hybridized carbons (Fsp3) is 0.280. The van der Waals surface area contributed by atoms with Gasteiger partial charge >= 0.3 is 0 Å². The zero-order valence-corrected chi connectivity index (χ0v) is 16.4. The number of methoxy groups -OCH3 is 1. The maximum absolute atomic E-state index is 5.51. The van der Waals surface area contributed by atoms with Crippen molar-refractivity contribution >= 4 is 0 Å². The molecule has 4 rings (SSSR count). The molecule has 0 bridgehead atoms. The molecule has 3 aromatic rings. The van der Waals surface area contributed by atoms with Crippen molar-refractivity contribution in [2.24, 2.45) is 0 Å². The van der Waals surface area contributed by atoms with Gasteiger partial charge in [0.2, 0.25) is 0 Å². The van der Waals surface area contributed by atoms with Gasteiger partial charge in [0.05, 0.1) is 7.11 Å². The molecule has 0 aliphatic carbocycles. The Labute approximate surface area is 167 Å². The fourth-order valence-electron chi connectivity index (χ4n) is 4.21. The summed E-state index contributed by atoms with van der Waals surface area (Å²) < 4.78 is 5.51. The third kappa shape index (κ3) is 4.27. The van der Waals surface area contributed by atoms with Crippen LogP contribution in [0.15, 0.2) is 84.9 Å². The van der Waals surface area contributed by atoms with E-state index >= 15 is 0 Å². The maximum atomic E-state index is 5.51. The number of piperidine rings is 1. The Morgan fingerprint density at radius 2 is 1.50 bits per heavy atom. The van der Waals surface area contributed by atoms with Crippen molar-refractivity contribution in [3.05, 3.63) is 102 Å². The van der Waals surface area contributed by atoms with Crippen molar-refractivity contribution in [1.82, 2.24) is 10.4 Å². The molecule has 0 aromatic heterocycles. The highest BCUT2D eigenvalue weighted by Crippen LogP contribution is 2.38. The van der Waals surface area contributed by atoms with Gasteiger partial charge in [0.25, 0.3) is 0 Å². The van der Waals surface area contributed by atoms with Gasteiger partial charge in [-0.3, -0.25) is 5.43 Å². The molecule has 0 radical (unpaired) electrons. The molecule has 0 amide bonds. The van der Waals surface area contributed by atoms with Crippen LogP contribution in [0.4, 0.5) is 0 Å². The van der Waals surface area contributed by atoms with Crippen molar-refractivity contribution < 1.29 is 4.74 Å². The smallest absolute Gasteiger partial charge is 0.123 e. The monoisotopic (exact) mass is 372 g/mol. The highest BCUT2D eigenvalue weighted by Gasteiger charge is 2.30. The number of rotatable bonds is 6. The van der Waals surface area contributed by atoms with E-state index in [1.807, 2.05) is 12.1 Å². The number of nitrogens with zero attached hydrogens (tertiary/aromatic N) is 1. The minimum Gasteiger partial charge on any atom is -0.496 e. The van der Waals surface area contributed by atoms with E-state index in [0.717, 1.165) is 31.7 Å². The first kappa shape index (κ1) is 18.7. The van der Waals surface area contributed by atoms with Crippen LogP contribution in [-0.4, -0.2) is 18.7 Å². The van der Waals surface area contributed by atoms with Crippen LogP contribution in [0.3, 0.4) is 0 Å². The molecule has 1 saturated heterocycles. The van der Waals surface area contributed by atoms with Crippen LogP contribution in [0, 0.1) is 0 Å². The molecular formula is C25H28N2O. The summed E-state index contributed by atoms with van der Waals surface area (Å²) in [5, 5.41) is 2.42. The van der Waals surface area contributed by atoms with Crippen LogP contribution in [0.25, 0.3) is 0 Å². The van der Waals surface area contributed by atoms with E-state index in [1.165, 1.54) is 16.7 Å². The lowest BCUT2D eigenvalue weighted by Gasteiger charge is -2.40. The van der Waals surface area contributed by atoms with Gasteiger partial charge in [-0.1, -0.05) is 78.9 Å². The van der Waals surface area contributed by atoms with Crippen LogP contribution in [0.1, 0.15) is 41.5 Å². The average molecular weight is 373 g/mol. The number of hydrogen-bond donors (Lipinski definition) is 1. The number of hydrazine groups is 1. The molecule has 2 unspecified atom stereocenters. The van der Waals surface area contributed by atoms with Crippen LogP contribution in [-0.2, 0) is 6.54 Å². The molecule has 3 aromatic carbocycles. The first-order valence-electron chi connectivity index (χ1n) is 10.1. The molecule has 3 nitrogen and oxygen atoms in total. The first-order valence-corrected chi connectivity index (χ1v) is 10.1. The van der Waals surface area contributed by atoms with E-state index in [0.29, 0.717) is 12.0 Å². The quantitative estimate of drug-likeness (QED) is 0.634. The summed E-state index contributed by atoms with van der Waals surface area (Å²) in [7, 11) is 1.73. The molecule has 1 N–H and O–H groups in total. The molecule has 1 aliphatic rings. The Kier molecular flexibility index (Phi) is 6.05. The summed E-state index contributed by atoms with van der Waals surface area (Å²) in [6.07, 6.45) is 2.28. The second-order valence-corrected chi connectivity index (χ2v) is 7.40. The lowest BCUT2D eigenvalue weighted by molar-refractivity contribution is 0.0721. The van der Waals surface area contributed by atoms with Crippen LogP contribution in [0.5, 0.6) is 5.75 Å². The number of nitrogens with one attached hydrogen (secondary N) is 1. The van der Waals surface area contributed by atoms with Gasteiger partial charge in [0, 0.05) is 24.7 Å². The molecule has 0 saturated carbocycles. The molecule has 1 aliphatic heterocycles. The van der Waals surface area contributed by atoms with Crippen molar-refractivity contribution in [3.63, 3.8) is 0 Å². The van der Waals surface area contributed by atoms with E-state index in [2.05, 4.69) is 83.2 Å². The molecule has 0 spiro atoms. The van der Waals surface area contributed by atoms with E-state index in [1.54, 1.807) is 7.11 Å². The Balaban J connectivity index is 1.52. The number of benzene rings is 3. The normalized spacial score (nSPS) is 20.0. The molecule has 1 fully saturated rings. The summed E-state index contributed by atoms with van der Waals surface area (Å²) in [5.41, 5.74) is 7.69. The zero-order valence-electron chi connectivity index (χ0n) is 16.4. The third-order valence-corrected chi connectivity index (χ3v) is 5.72. The topological polar surface area (TPSA) is 24.5 Å². The number of hydrogen-bond acceptors (Lipinski definition) is 3. The van der Waals surface area contributed by atoms with E-state index in [9.17, 15) is 0 Å². The van der Waals surface area contributed by atoms with E-state index in [4.69, 9.17) is 4.74 Å². The number of ether oxygens (including phenoxy) is 1. The van der Waals surface area contributed by atoms with Gasteiger partial charge in [-0.25, -0.2) is 5.01 Å². The first-order chi connectivity index (χ1) is 13.8. The van der Waals surface area contributed by atoms with Gasteiger partial charge < -0.3 is 4.74 Å². The minimum atomic E-state index is 0.356. The van der Waals surface area contributed by atoms with Crippen molar-refractivity contribution in [2.45, 2.75) is 31.3 Å². The largest absolute Gasteiger partial charge is 0.496 e. The molecule has 28 heavy (non-hydrogen) atoms. The van der Waals surface area contributed by atoms with Gasteiger partial charge in [-0.15, -0.1) is 0 Å². The van der Waals surface area contributed by atoms with Gasteiger partial charge in [-0.2, -0.15) is 0 Å². The van der Waals surface area contributed by atoms with Gasteiger partial charge in [-0.05, 0) is 36.0 Å². The Morgan fingerprint density at radius 1 is 0.857 bits per heavy atom. The molecular weight excluding hydrogens is 344 g/mol. The SMILES string of the molecule is COc1ccccc1CNN1CCC(c2ccccc2)CC1c1ccccc1. The van der Waals surface area contributed by atoms with Crippen molar-refractivity contribution in [1.29, 1.82) is 0 Å². The molecule has 1 heterocycles. The summed E-state index contributed by atoms with van der Waals surface area (Å²) in [5.74, 6) is 1.53. The third-order valence-electron chi connectivity index (χ3n) is 5.72. The van der Waals surface area contributed by atoms with Crippen molar-refractivity contribution in [3.8, 4) is 5.75 Å². The van der Waals surface area contributed by atoms with Crippen molar-refractivity contribution in [2.75, 3.05) is 13.7 Å². The second-order valence-electron chi connectivity index (χ2n) is 7.40. The van der Waals surface area contributed by atoms with Crippen LogP contribution >= 0.6 is 0 Å². The standard InChI is InChI=1S/C25H28N2O/c1-28-25-15-9-8-14-23(25)19-26-27-17-16-22(20-10-4-2-5-11-20)18-24(27)21-12-6-3-7-13-21/h2-15,22,24,26H,16-19H2,1H3. The fourth-order valence-corrected chi connectivity index (χ4v) is 4.21. The number of para-hydroxylation sites is 1. The second kappa shape index (κ2) is 9.05. The van der Waals surface area contributed by atoms with Crippen LogP contribution < -0.4 is 10.2 Å². The summed E-state index contributed by atoms with van der Waals surface area (Å²) in [6, 6.07) is 30.4. The predicted molar refractivity (Wildman–Crippen MR) is 114 cm³/mol.